The molecule has 7 nitrogen and oxygen atoms in total. The van der Waals surface area contributed by atoms with Gasteiger partial charge in [-0.1, -0.05) is 0 Å². The highest BCUT2D eigenvalue weighted by Crippen LogP contribution is 2.26. The topological polar surface area (TPSA) is 94.4 Å². The molecule has 20 heavy (non-hydrogen) atoms. The molecule has 110 valence electrons. The Kier molecular flexibility index (Phi) is 3.94. The number of sulfonamides is 1. The number of rotatable bonds is 4. The first-order chi connectivity index (χ1) is 9.23. The average molecular weight is 363 g/mol. The van der Waals surface area contributed by atoms with Crippen molar-refractivity contribution in [1.82, 2.24) is 14.1 Å². The second kappa shape index (κ2) is 5.23. The lowest BCUT2D eigenvalue weighted by molar-refractivity contribution is 0.398. The van der Waals surface area contributed by atoms with Crippen LogP contribution in [0.5, 0.6) is 0 Å². The van der Waals surface area contributed by atoms with Gasteiger partial charge in [0.25, 0.3) is 0 Å². The van der Waals surface area contributed by atoms with Crippen molar-refractivity contribution in [3.8, 4) is 0 Å². The smallest absolute Gasteiger partial charge is 0.248 e. The lowest BCUT2D eigenvalue weighted by Crippen LogP contribution is -2.27. The summed E-state index contributed by atoms with van der Waals surface area (Å²) in [6.07, 6.45) is 0. The number of furan rings is 1. The van der Waals surface area contributed by atoms with E-state index in [0.717, 1.165) is 0 Å². The number of aromatic nitrogens is 2. The van der Waals surface area contributed by atoms with E-state index in [1.54, 1.807) is 26.1 Å². The predicted molar refractivity (Wildman–Crippen MR) is 77.4 cm³/mol. The van der Waals surface area contributed by atoms with Crippen LogP contribution in [0.4, 0.5) is 5.82 Å². The summed E-state index contributed by atoms with van der Waals surface area (Å²) in [5, 5.41) is 3.93. The van der Waals surface area contributed by atoms with Crippen LogP contribution in [-0.2, 0) is 23.6 Å². The van der Waals surface area contributed by atoms with Crippen LogP contribution in [0.2, 0.25) is 0 Å². The second-order valence-electron chi connectivity index (χ2n) is 4.39. The molecular weight excluding hydrogens is 348 g/mol. The normalized spacial score (nSPS) is 12.2. The summed E-state index contributed by atoms with van der Waals surface area (Å²) in [6, 6.07) is 3.41. The first-order valence-corrected chi connectivity index (χ1v) is 7.96. The van der Waals surface area contributed by atoms with Crippen molar-refractivity contribution >= 4 is 31.8 Å². The molecule has 0 aliphatic carbocycles. The third-order valence-electron chi connectivity index (χ3n) is 2.98. The minimum atomic E-state index is -3.72. The molecule has 0 bridgehead atoms. The summed E-state index contributed by atoms with van der Waals surface area (Å²) in [5.74, 6) is 0.528. The molecule has 0 radical (unpaired) electrons. The molecule has 0 aliphatic rings. The fourth-order valence-electron chi connectivity index (χ4n) is 1.83. The van der Waals surface area contributed by atoms with Gasteiger partial charge >= 0.3 is 0 Å². The van der Waals surface area contributed by atoms with E-state index in [9.17, 15) is 8.42 Å². The van der Waals surface area contributed by atoms with E-state index in [0.29, 0.717) is 16.1 Å². The van der Waals surface area contributed by atoms with Gasteiger partial charge in [0.2, 0.25) is 10.0 Å². The number of nitrogens with two attached hydrogens (primary N) is 1. The van der Waals surface area contributed by atoms with Crippen molar-refractivity contribution < 1.29 is 12.8 Å². The minimum Gasteiger partial charge on any atom is -0.453 e. The predicted octanol–water partition coefficient (Wildman–Crippen LogP) is 1.49. The van der Waals surface area contributed by atoms with Crippen LogP contribution in [0.25, 0.3) is 0 Å². The Morgan fingerprint density at radius 3 is 2.60 bits per heavy atom. The highest BCUT2D eigenvalue weighted by molar-refractivity contribution is 9.10. The van der Waals surface area contributed by atoms with Gasteiger partial charge in [-0.15, -0.1) is 0 Å². The third kappa shape index (κ3) is 2.60. The van der Waals surface area contributed by atoms with E-state index in [4.69, 9.17) is 10.2 Å². The van der Waals surface area contributed by atoms with Crippen LogP contribution >= 0.6 is 15.9 Å². The molecule has 0 spiro atoms. The van der Waals surface area contributed by atoms with Crippen molar-refractivity contribution in [3.63, 3.8) is 0 Å². The minimum absolute atomic E-state index is 0.00234. The molecule has 0 unspecified atom stereocenters. The van der Waals surface area contributed by atoms with Gasteiger partial charge in [0.15, 0.2) is 10.5 Å². The van der Waals surface area contributed by atoms with E-state index >= 15 is 0 Å². The molecule has 0 aromatic carbocycles. The third-order valence-corrected chi connectivity index (χ3v) is 5.38. The molecule has 2 aromatic rings. The van der Waals surface area contributed by atoms with Gasteiger partial charge in [-0.25, -0.2) is 8.42 Å². The molecule has 0 amide bonds. The maximum Gasteiger partial charge on any atom is 0.248 e. The van der Waals surface area contributed by atoms with Gasteiger partial charge in [-0.2, -0.15) is 9.40 Å². The SMILES string of the molecule is Cc1c(S(=O)(=O)N(C)Cc2ccc(Br)o2)c(N)nn1C. The van der Waals surface area contributed by atoms with E-state index in [2.05, 4.69) is 21.0 Å². The van der Waals surface area contributed by atoms with Crippen LogP contribution in [-0.4, -0.2) is 29.6 Å². The first kappa shape index (κ1) is 15.1. The number of hydrogen-bond acceptors (Lipinski definition) is 5. The van der Waals surface area contributed by atoms with E-state index in [1.165, 1.54) is 16.0 Å². The average Bonchev–Trinajstić information content (AvgIpc) is 2.84. The highest BCUT2D eigenvalue weighted by Gasteiger charge is 2.29. The van der Waals surface area contributed by atoms with Gasteiger partial charge < -0.3 is 10.2 Å². The molecular formula is C11H15BrN4O3S. The first-order valence-electron chi connectivity index (χ1n) is 5.73. The van der Waals surface area contributed by atoms with Crippen LogP contribution in [0.3, 0.4) is 0 Å². The Bertz CT molecular complexity index is 735. The zero-order chi connectivity index (χ0) is 15.1. The fraction of sp³-hybridized carbons (Fsp3) is 0.364. The van der Waals surface area contributed by atoms with Gasteiger partial charge in [-0.3, -0.25) is 4.68 Å². The van der Waals surface area contributed by atoms with Crippen molar-refractivity contribution in [2.45, 2.75) is 18.4 Å². The highest BCUT2D eigenvalue weighted by atomic mass is 79.9. The van der Waals surface area contributed by atoms with Crippen molar-refractivity contribution in [1.29, 1.82) is 0 Å². The molecule has 2 aromatic heterocycles. The van der Waals surface area contributed by atoms with Crippen LogP contribution < -0.4 is 5.73 Å². The number of halogens is 1. The zero-order valence-electron chi connectivity index (χ0n) is 11.3. The fourth-order valence-corrected chi connectivity index (χ4v) is 3.59. The molecule has 2 heterocycles. The number of aryl methyl sites for hydroxylation is 1. The Balaban J connectivity index is 2.34. The Morgan fingerprint density at radius 2 is 2.15 bits per heavy atom. The molecule has 0 fully saturated rings. The van der Waals surface area contributed by atoms with Gasteiger partial charge in [-0.05, 0) is 35.0 Å². The van der Waals surface area contributed by atoms with E-state index < -0.39 is 10.0 Å². The largest absolute Gasteiger partial charge is 0.453 e. The summed E-state index contributed by atoms with van der Waals surface area (Å²) >= 11 is 3.18. The van der Waals surface area contributed by atoms with E-state index in [1.807, 2.05) is 0 Å². The molecule has 0 atom stereocenters. The summed E-state index contributed by atoms with van der Waals surface area (Å²) in [7, 11) is -0.602. The maximum absolute atomic E-state index is 12.5. The number of nitrogens with zero attached hydrogens (tertiary/aromatic N) is 3. The maximum atomic E-state index is 12.5. The number of anilines is 1. The lowest BCUT2D eigenvalue weighted by Gasteiger charge is -2.15. The molecule has 0 saturated carbocycles. The summed E-state index contributed by atoms with van der Waals surface area (Å²) in [5.41, 5.74) is 6.19. The number of hydrogen-bond donors (Lipinski definition) is 1. The summed E-state index contributed by atoms with van der Waals surface area (Å²) in [6.45, 7) is 1.77. The van der Waals surface area contributed by atoms with Crippen molar-refractivity contribution in [2.75, 3.05) is 12.8 Å². The van der Waals surface area contributed by atoms with Crippen LogP contribution in [0, 0.1) is 6.92 Å². The Hall–Kier alpha value is -1.32. The van der Waals surface area contributed by atoms with Crippen molar-refractivity contribution in [2.24, 2.45) is 7.05 Å². The molecule has 2 N–H and O–H groups in total. The Morgan fingerprint density at radius 1 is 1.50 bits per heavy atom. The summed E-state index contributed by atoms with van der Waals surface area (Å²) in [4.78, 5) is 0.0353. The standard InChI is InChI=1S/C11H15BrN4O3S/c1-7-10(11(13)14-16(7)3)20(17,18)15(2)6-8-4-5-9(12)19-8/h4-5H,6H2,1-3H3,(H2,13,14). The van der Waals surface area contributed by atoms with Crippen LogP contribution in [0.1, 0.15) is 11.5 Å². The number of nitrogen functional groups attached to an aromatic ring is 1. The van der Waals surface area contributed by atoms with Crippen molar-refractivity contribution in [3.05, 3.63) is 28.3 Å². The second-order valence-corrected chi connectivity index (χ2v) is 7.15. The van der Waals surface area contributed by atoms with Gasteiger partial charge in [0.1, 0.15) is 10.7 Å². The Labute approximate surface area is 125 Å². The van der Waals surface area contributed by atoms with Gasteiger partial charge in [0.05, 0.1) is 12.2 Å². The molecule has 0 saturated heterocycles. The van der Waals surface area contributed by atoms with Gasteiger partial charge in [0, 0.05) is 14.1 Å². The lowest BCUT2D eigenvalue weighted by atomic mass is 10.4. The monoisotopic (exact) mass is 362 g/mol. The van der Waals surface area contributed by atoms with Crippen LogP contribution in [0.15, 0.2) is 26.1 Å². The molecule has 9 heteroatoms. The molecule has 2 rings (SSSR count). The quantitative estimate of drug-likeness (QED) is 0.888. The van der Waals surface area contributed by atoms with E-state index in [-0.39, 0.29) is 17.3 Å². The molecule has 0 aliphatic heterocycles. The zero-order valence-corrected chi connectivity index (χ0v) is 13.7. The summed E-state index contributed by atoms with van der Waals surface area (Å²) < 4.78 is 33.6.